The van der Waals surface area contributed by atoms with E-state index < -0.39 is 5.41 Å². The van der Waals surface area contributed by atoms with Crippen molar-refractivity contribution < 1.29 is 19.1 Å². The van der Waals surface area contributed by atoms with Crippen LogP contribution in [-0.2, 0) is 19.1 Å². The zero-order valence-electron chi connectivity index (χ0n) is 20.6. The van der Waals surface area contributed by atoms with Gasteiger partial charge in [0.25, 0.3) is 0 Å². The first-order chi connectivity index (χ1) is 14.4. The molecule has 4 heteroatoms. The van der Waals surface area contributed by atoms with Gasteiger partial charge in [-0.15, -0.1) is 0 Å². The molecule has 4 nitrogen and oxygen atoms in total. The van der Waals surface area contributed by atoms with Gasteiger partial charge in [0.15, 0.2) is 0 Å². The maximum atomic E-state index is 11.7. The van der Waals surface area contributed by atoms with Crippen LogP contribution in [0.3, 0.4) is 0 Å². The van der Waals surface area contributed by atoms with Crippen molar-refractivity contribution in [3.05, 3.63) is 0 Å². The van der Waals surface area contributed by atoms with Gasteiger partial charge < -0.3 is 9.47 Å². The summed E-state index contributed by atoms with van der Waals surface area (Å²) in [4.78, 5) is 23.3. The number of hydrogen-bond donors (Lipinski definition) is 0. The summed E-state index contributed by atoms with van der Waals surface area (Å²) in [5, 5.41) is 0. The van der Waals surface area contributed by atoms with Crippen LogP contribution in [0.1, 0.15) is 137 Å². The van der Waals surface area contributed by atoms with Crippen molar-refractivity contribution in [3.8, 4) is 0 Å². The van der Waals surface area contributed by atoms with E-state index in [0.29, 0.717) is 26.1 Å². The predicted molar refractivity (Wildman–Crippen MR) is 126 cm³/mol. The number of hydrogen-bond acceptors (Lipinski definition) is 4. The third kappa shape index (κ3) is 20.2. The van der Waals surface area contributed by atoms with Crippen LogP contribution in [0.2, 0.25) is 0 Å². The molecule has 0 aromatic carbocycles. The standard InChI is InChI=1S/C26H50O4/c1-5-6-7-8-9-10-11-12-13-14-15-16-17-18-19-21-24(27)29-22-20-23-30-25(28)26(2,3)4/h5-23H2,1-4H3. The number of esters is 2. The lowest BCUT2D eigenvalue weighted by atomic mass is 9.97. The topological polar surface area (TPSA) is 52.6 Å². The predicted octanol–water partition coefficient (Wildman–Crippen LogP) is 7.77. The van der Waals surface area contributed by atoms with Crippen molar-refractivity contribution in [2.45, 2.75) is 137 Å². The van der Waals surface area contributed by atoms with E-state index in [9.17, 15) is 9.59 Å². The summed E-state index contributed by atoms with van der Waals surface area (Å²) in [6, 6.07) is 0. The molecule has 0 fully saturated rings. The Balaban J connectivity index is 3.26. The fourth-order valence-electron chi connectivity index (χ4n) is 3.34. The summed E-state index contributed by atoms with van der Waals surface area (Å²) in [6.45, 7) is 8.39. The molecule has 0 spiro atoms. The van der Waals surface area contributed by atoms with Gasteiger partial charge in [-0.3, -0.25) is 9.59 Å². The lowest BCUT2D eigenvalue weighted by Gasteiger charge is -2.16. The highest BCUT2D eigenvalue weighted by Gasteiger charge is 2.22. The molecule has 0 aromatic rings. The van der Waals surface area contributed by atoms with E-state index in [1.165, 1.54) is 83.5 Å². The fraction of sp³-hybridized carbons (Fsp3) is 0.923. The van der Waals surface area contributed by atoms with Gasteiger partial charge >= 0.3 is 11.9 Å². The van der Waals surface area contributed by atoms with E-state index in [2.05, 4.69) is 6.92 Å². The van der Waals surface area contributed by atoms with Crippen molar-refractivity contribution in [2.24, 2.45) is 5.41 Å². The quantitative estimate of drug-likeness (QED) is 0.147. The molecule has 0 radical (unpaired) electrons. The number of carbonyl (C=O) groups excluding carboxylic acids is 2. The molecule has 0 aliphatic rings. The smallest absolute Gasteiger partial charge is 0.311 e. The van der Waals surface area contributed by atoms with Crippen molar-refractivity contribution >= 4 is 11.9 Å². The molecule has 0 bridgehead atoms. The number of unbranched alkanes of at least 4 members (excludes halogenated alkanes) is 14. The maximum Gasteiger partial charge on any atom is 0.311 e. The summed E-state index contributed by atoms with van der Waals surface area (Å²) in [5.41, 5.74) is -0.482. The third-order valence-electron chi connectivity index (χ3n) is 5.38. The van der Waals surface area contributed by atoms with E-state index >= 15 is 0 Å². The molecule has 0 saturated carbocycles. The Morgan fingerprint density at radius 2 is 0.967 bits per heavy atom. The molecule has 178 valence electrons. The van der Waals surface area contributed by atoms with Crippen LogP contribution in [0.5, 0.6) is 0 Å². The van der Waals surface area contributed by atoms with E-state index in [1.54, 1.807) is 0 Å². The number of ether oxygens (including phenoxy) is 2. The molecule has 0 aliphatic heterocycles. The minimum Gasteiger partial charge on any atom is -0.466 e. The van der Waals surface area contributed by atoms with E-state index in [1.807, 2.05) is 20.8 Å². The molecule has 0 atom stereocenters. The molecule has 30 heavy (non-hydrogen) atoms. The Morgan fingerprint density at radius 1 is 0.567 bits per heavy atom. The number of carbonyl (C=O) groups is 2. The minimum absolute atomic E-state index is 0.133. The van der Waals surface area contributed by atoms with Gasteiger partial charge in [0.2, 0.25) is 0 Å². The second kappa shape index (κ2) is 19.9. The molecule has 0 saturated heterocycles. The van der Waals surface area contributed by atoms with Gasteiger partial charge in [-0.05, 0) is 27.2 Å². The molecule has 0 N–H and O–H groups in total. The largest absolute Gasteiger partial charge is 0.466 e. The average Bonchev–Trinajstić information content (AvgIpc) is 2.69. The summed E-state index contributed by atoms with van der Waals surface area (Å²) in [7, 11) is 0. The molecular weight excluding hydrogens is 376 g/mol. The van der Waals surface area contributed by atoms with Gasteiger partial charge in [0.1, 0.15) is 0 Å². The van der Waals surface area contributed by atoms with Crippen LogP contribution in [0.15, 0.2) is 0 Å². The van der Waals surface area contributed by atoms with Crippen molar-refractivity contribution in [3.63, 3.8) is 0 Å². The first-order valence-corrected chi connectivity index (χ1v) is 12.7. The van der Waals surface area contributed by atoms with Crippen molar-refractivity contribution in [1.82, 2.24) is 0 Å². The monoisotopic (exact) mass is 426 g/mol. The Morgan fingerprint density at radius 3 is 1.40 bits per heavy atom. The highest BCUT2D eigenvalue weighted by molar-refractivity contribution is 5.75. The molecule has 0 amide bonds. The lowest BCUT2D eigenvalue weighted by Crippen LogP contribution is -2.23. The summed E-state index contributed by atoms with van der Waals surface area (Å²) < 4.78 is 10.3. The molecule has 0 unspecified atom stereocenters. The fourth-order valence-corrected chi connectivity index (χ4v) is 3.34. The van der Waals surface area contributed by atoms with Gasteiger partial charge in [-0.1, -0.05) is 96.8 Å². The van der Waals surface area contributed by atoms with Crippen LogP contribution in [-0.4, -0.2) is 25.2 Å². The Bertz CT molecular complexity index is 412. The molecule has 0 rings (SSSR count). The Hall–Kier alpha value is -1.06. The van der Waals surface area contributed by atoms with Gasteiger partial charge in [-0.2, -0.15) is 0 Å². The lowest BCUT2D eigenvalue weighted by molar-refractivity contribution is -0.153. The van der Waals surface area contributed by atoms with Crippen molar-refractivity contribution in [2.75, 3.05) is 13.2 Å². The first-order valence-electron chi connectivity index (χ1n) is 12.7. The van der Waals surface area contributed by atoms with Crippen LogP contribution in [0, 0.1) is 5.41 Å². The normalized spacial score (nSPS) is 11.5. The maximum absolute atomic E-state index is 11.7. The number of rotatable bonds is 20. The second-order valence-electron chi connectivity index (χ2n) is 9.66. The zero-order valence-corrected chi connectivity index (χ0v) is 20.6. The van der Waals surface area contributed by atoms with E-state index in [4.69, 9.17) is 9.47 Å². The van der Waals surface area contributed by atoms with Crippen LogP contribution >= 0.6 is 0 Å². The SMILES string of the molecule is CCCCCCCCCCCCCCCCCC(=O)OCCCOC(=O)C(C)(C)C. The summed E-state index contributed by atoms with van der Waals surface area (Å²) in [5.74, 6) is -0.349. The van der Waals surface area contributed by atoms with Crippen LogP contribution in [0.4, 0.5) is 0 Å². The molecular formula is C26H50O4. The first kappa shape index (κ1) is 28.9. The van der Waals surface area contributed by atoms with E-state index in [-0.39, 0.29) is 11.9 Å². The molecule has 0 aliphatic carbocycles. The van der Waals surface area contributed by atoms with Gasteiger partial charge in [0.05, 0.1) is 18.6 Å². The zero-order chi connectivity index (χ0) is 22.5. The van der Waals surface area contributed by atoms with Crippen LogP contribution in [0.25, 0.3) is 0 Å². The molecule has 0 heterocycles. The van der Waals surface area contributed by atoms with Gasteiger partial charge in [-0.25, -0.2) is 0 Å². The second-order valence-corrected chi connectivity index (χ2v) is 9.66. The van der Waals surface area contributed by atoms with Crippen LogP contribution < -0.4 is 0 Å². The Kier molecular flexibility index (Phi) is 19.2. The van der Waals surface area contributed by atoms with Crippen molar-refractivity contribution in [1.29, 1.82) is 0 Å². The molecule has 0 aromatic heterocycles. The van der Waals surface area contributed by atoms with Gasteiger partial charge in [0, 0.05) is 12.8 Å². The highest BCUT2D eigenvalue weighted by Crippen LogP contribution is 2.15. The third-order valence-corrected chi connectivity index (χ3v) is 5.38. The summed E-state index contributed by atoms with van der Waals surface area (Å²) in [6.07, 6.45) is 20.9. The Labute approximate surface area is 186 Å². The van der Waals surface area contributed by atoms with E-state index in [0.717, 1.165) is 12.8 Å². The average molecular weight is 427 g/mol. The minimum atomic E-state index is -0.482. The summed E-state index contributed by atoms with van der Waals surface area (Å²) >= 11 is 0. The highest BCUT2D eigenvalue weighted by atomic mass is 16.5.